The fourth-order valence-electron chi connectivity index (χ4n) is 4.75. The summed E-state index contributed by atoms with van der Waals surface area (Å²) in [4.78, 5) is 34.2. The summed E-state index contributed by atoms with van der Waals surface area (Å²) in [6.45, 7) is 3.28. The van der Waals surface area contributed by atoms with E-state index >= 15 is 0 Å². The van der Waals surface area contributed by atoms with Crippen LogP contribution in [0.1, 0.15) is 38.0 Å². The van der Waals surface area contributed by atoms with Gasteiger partial charge < -0.3 is 5.11 Å². The van der Waals surface area contributed by atoms with Crippen molar-refractivity contribution in [1.82, 2.24) is 9.88 Å². The van der Waals surface area contributed by atoms with E-state index in [1.54, 1.807) is 0 Å². The highest BCUT2D eigenvalue weighted by molar-refractivity contribution is 6.02. The molecule has 2 aromatic carbocycles. The molecule has 2 heterocycles. The SMILES string of the molecule is Cc1cccc(C2C(C(=O)c3ccccc3)CN(CCO)CC2C(=O)c2ccccc2)n1. The molecule has 1 fully saturated rings. The molecular weight excluding hydrogens is 400 g/mol. The first-order valence-corrected chi connectivity index (χ1v) is 11.0. The van der Waals surface area contributed by atoms with Crippen LogP contribution in [-0.4, -0.2) is 52.8 Å². The number of rotatable bonds is 7. The molecule has 0 spiro atoms. The smallest absolute Gasteiger partial charge is 0.167 e. The lowest BCUT2D eigenvalue weighted by Gasteiger charge is -2.42. The van der Waals surface area contributed by atoms with Gasteiger partial charge in [-0.05, 0) is 19.1 Å². The zero-order valence-corrected chi connectivity index (χ0v) is 18.2. The number of hydrogen-bond acceptors (Lipinski definition) is 5. The number of carbonyl (C=O) groups excluding carboxylic acids is 2. The van der Waals surface area contributed by atoms with Gasteiger partial charge in [-0.1, -0.05) is 66.7 Å². The zero-order chi connectivity index (χ0) is 22.5. The molecule has 1 aliphatic heterocycles. The third-order valence-electron chi connectivity index (χ3n) is 6.23. The number of likely N-dealkylation sites (tertiary alicyclic amines) is 1. The number of Topliss-reactive ketones (excluding diaryl/α,β-unsaturated/α-hetero) is 2. The largest absolute Gasteiger partial charge is 0.395 e. The summed E-state index contributed by atoms with van der Waals surface area (Å²) in [7, 11) is 0. The number of pyridine rings is 1. The first kappa shape index (κ1) is 22.1. The first-order chi connectivity index (χ1) is 15.6. The third-order valence-corrected chi connectivity index (χ3v) is 6.23. The summed E-state index contributed by atoms with van der Waals surface area (Å²) in [6, 6.07) is 24.3. The average Bonchev–Trinajstić information content (AvgIpc) is 2.84. The van der Waals surface area contributed by atoms with Gasteiger partial charge in [-0.15, -0.1) is 0 Å². The summed E-state index contributed by atoms with van der Waals surface area (Å²) < 4.78 is 0. The summed E-state index contributed by atoms with van der Waals surface area (Å²) >= 11 is 0. The van der Waals surface area contributed by atoms with Crippen molar-refractivity contribution in [2.24, 2.45) is 11.8 Å². The maximum atomic E-state index is 13.7. The Morgan fingerprint density at radius 1 is 0.844 bits per heavy atom. The standard InChI is InChI=1S/C27H28N2O3/c1-19-9-8-14-24(28-19)25-22(26(31)20-10-4-2-5-11-20)17-29(15-16-30)18-23(25)27(32)21-12-6-3-7-13-21/h2-14,22-23,25,30H,15-18H2,1H3. The summed E-state index contributed by atoms with van der Waals surface area (Å²) in [5, 5.41) is 9.60. The molecule has 1 aliphatic rings. The maximum absolute atomic E-state index is 13.7. The van der Waals surface area contributed by atoms with Gasteiger partial charge in [0.1, 0.15) is 0 Å². The van der Waals surface area contributed by atoms with Crippen molar-refractivity contribution in [1.29, 1.82) is 0 Å². The Hall–Kier alpha value is -3.15. The molecular formula is C27H28N2O3. The zero-order valence-electron chi connectivity index (χ0n) is 18.2. The van der Waals surface area contributed by atoms with Gasteiger partial charge in [0, 0.05) is 59.9 Å². The van der Waals surface area contributed by atoms with Gasteiger partial charge in [-0.25, -0.2) is 0 Å². The van der Waals surface area contributed by atoms with Gasteiger partial charge in [0.2, 0.25) is 0 Å². The highest BCUT2D eigenvalue weighted by atomic mass is 16.3. The lowest BCUT2D eigenvalue weighted by atomic mass is 9.70. The second-order valence-corrected chi connectivity index (χ2v) is 8.39. The van der Waals surface area contributed by atoms with Crippen molar-refractivity contribution in [3.63, 3.8) is 0 Å². The highest BCUT2D eigenvalue weighted by Gasteiger charge is 2.45. The van der Waals surface area contributed by atoms with Gasteiger partial charge in [0.15, 0.2) is 11.6 Å². The summed E-state index contributed by atoms with van der Waals surface area (Å²) in [5.74, 6) is -1.21. The van der Waals surface area contributed by atoms with E-state index in [0.29, 0.717) is 30.8 Å². The molecule has 1 N–H and O–H groups in total. The van der Waals surface area contributed by atoms with E-state index < -0.39 is 11.8 Å². The van der Waals surface area contributed by atoms with E-state index in [0.717, 1.165) is 11.4 Å². The minimum Gasteiger partial charge on any atom is -0.395 e. The maximum Gasteiger partial charge on any atom is 0.167 e. The quantitative estimate of drug-likeness (QED) is 0.580. The van der Waals surface area contributed by atoms with Crippen LogP contribution < -0.4 is 0 Å². The third kappa shape index (κ3) is 4.69. The summed E-state index contributed by atoms with van der Waals surface area (Å²) in [5.41, 5.74) is 2.90. The van der Waals surface area contributed by atoms with Crippen molar-refractivity contribution in [3.05, 3.63) is 101 Å². The molecule has 0 saturated carbocycles. The number of nitrogens with zero attached hydrogens (tertiary/aromatic N) is 2. The van der Waals surface area contributed by atoms with Crippen molar-refractivity contribution in [3.8, 4) is 0 Å². The van der Waals surface area contributed by atoms with Crippen LogP contribution in [0, 0.1) is 18.8 Å². The second kappa shape index (κ2) is 9.98. The number of aromatic nitrogens is 1. The number of aliphatic hydroxyl groups excluding tert-OH is 1. The van der Waals surface area contributed by atoms with Crippen molar-refractivity contribution in [2.75, 3.05) is 26.2 Å². The first-order valence-electron chi connectivity index (χ1n) is 11.0. The molecule has 5 nitrogen and oxygen atoms in total. The van der Waals surface area contributed by atoms with Crippen LogP contribution in [-0.2, 0) is 0 Å². The van der Waals surface area contributed by atoms with E-state index in [9.17, 15) is 14.7 Å². The van der Waals surface area contributed by atoms with E-state index in [1.807, 2.05) is 90.7 Å². The molecule has 2 unspecified atom stereocenters. The number of ketones is 2. The van der Waals surface area contributed by atoms with E-state index in [4.69, 9.17) is 4.98 Å². The molecule has 4 rings (SSSR count). The van der Waals surface area contributed by atoms with Crippen LogP contribution >= 0.6 is 0 Å². The predicted octanol–water partition coefficient (Wildman–Crippen LogP) is 3.78. The number of β-amino-alcohol motifs (C(OH)–C–C–N with tert-alkyl or cyclic N) is 1. The Morgan fingerprint density at radius 2 is 1.38 bits per heavy atom. The van der Waals surface area contributed by atoms with Crippen LogP contribution in [0.15, 0.2) is 78.9 Å². The normalized spacial score (nSPS) is 21.2. The lowest BCUT2D eigenvalue weighted by molar-refractivity contribution is 0.0524. The Bertz CT molecular complexity index is 1010. The van der Waals surface area contributed by atoms with Crippen LogP contribution in [0.4, 0.5) is 0 Å². The molecule has 0 radical (unpaired) electrons. The van der Waals surface area contributed by atoms with Crippen molar-refractivity contribution in [2.45, 2.75) is 12.8 Å². The topological polar surface area (TPSA) is 70.5 Å². The number of piperidine rings is 1. The molecule has 1 aromatic heterocycles. The van der Waals surface area contributed by atoms with Crippen LogP contribution in [0.2, 0.25) is 0 Å². The van der Waals surface area contributed by atoms with Crippen LogP contribution in [0.3, 0.4) is 0 Å². The predicted molar refractivity (Wildman–Crippen MR) is 124 cm³/mol. The average molecular weight is 429 g/mol. The van der Waals surface area contributed by atoms with Crippen molar-refractivity contribution < 1.29 is 14.7 Å². The minimum absolute atomic E-state index is 0.00686. The number of carbonyl (C=O) groups is 2. The Labute approximate surface area is 188 Å². The van der Waals surface area contributed by atoms with Gasteiger partial charge >= 0.3 is 0 Å². The van der Waals surface area contributed by atoms with Gasteiger partial charge in [-0.3, -0.25) is 19.5 Å². The lowest BCUT2D eigenvalue weighted by Crippen LogP contribution is -2.51. The molecule has 1 saturated heterocycles. The van der Waals surface area contributed by atoms with E-state index in [2.05, 4.69) is 0 Å². The van der Waals surface area contributed by atoms with Gasteiger partial charge in [0.05, 0.1) is 6.61 Å². The monoisotopic (exact) mass is 428 g/mol. The molecule has 32 heavy (non-hydrogen) atoms. The molecule has 2 atom stereocenters. The van der Waals surface area contributed by atoms with Crippen LogP contribution in [0.5, 0.6) is 0 Å². The number of hydrogen-bond donors (Lipinski definition) is 1. The fraction of sp³-hybridized carbons (Fsp3) is 0.296. The Kier molecular flexibility index (Phi) is 6.88. The second-order valence-electron chi connectivity index (χ2n) is 8.39. The number of aryl methyl sites for hydroxylation is 1. The highest BCUT2D eigenvalue weighted by Crippen LogP contribution is 2.40. The molecule has 5 heteroatoms. The van der Waals surface area contributed by atoms with E-state index in [1.165, 1.54) is 0 Å². The van der Waals surface area contributed by atoms with Crippen LogP contribution in [0.25, 0.3) is 0 Å². The van der Waals surface area contributed by atoms with Gasteiger partial charge in [0.25, 0.3) is 0 Å². The molecule has 0 bridgehead atoms. The number of aliphatic hydroxyl groups is 1. The van der Waals surface area contributed by atoms with Gasteiger partial charge in [-0.2, -0.15) is 0 Å². The molecule has 0 amide bonds. The minimum atomic E-state index is -0.440. The molecule has 3 aromatic rings. The van der Waals surface area contributed by atoms with E-state index in [-0.39, 0.29) is 24.1 Å². The number of benzene rings is 2. The Morgan fingerprint density at radius 3 is 1.84 bits per heavy atom. The Balaban J connectivity index is 1.81. The summed E-state index contributed by atoms with van der Waals surface area (Å²) in [6.07, 6.45) is 0. The molecule has 0 aliphatic carbocycles. The molecule has 164 valence electrons. The fourth-order valence-corrected chi connectivity index (χ4v) is 4.75. The van der Waals surface area contributed by atoms with Crippen molar-refractivity contribution >= 4 is 11.6 Å².